The first kappa shape index (κ1) is 17.3. The van der Waals surface area contributed by atoms with Crippen molar-refractivity contribution in [3.63, 3.8) is 0 Å². The van der Waals surface area contributed by atoms with E-state index in [1.807, 2.05) is 6.92 Å². The van der Waals surface area contributed by atoms with Crippen LogP contribution in [0.5, 0.6) is 0 Å². The fourth-order valence-corrected chi connectivity index (χ4v) is 1.75. The number of nitrogens with one attached hydrogen (secondary N) is 2. The van der Waals surface area contributed by atoms with Gasteiger partial charge in [-0.15, -0.1) is 0 Å². The molecule has 0 saturated carbocycles. The van der Waals surface area contributed by atoms with Crippen LogP contribution in [-0.4, -0.2) is 24.3 Å². The minimum absolute atomic E-state index is 0.0746. The van der Waals surface area contributed by atoms with Gasteiger partial charge in [0.25, 0.3) is 0 Å². The maximum absolute atomic E-state index is 12.7. The third-order valence-corrected chi connectivity index (χ3v) is 2.95. The zero-order valence-electron chi connectivity index (χ0n) is 11.7. The molecule has 0 aliphatic heterocycles. The Morgan fingerprint density at radius 2 is 2.00 bits per heavy atom. The van der Waals surface area contributed by atoms with E-state index in [0.717, 1.165) is 12.5 Å². The predicted molar refractivity (Wildman–Crippen MR) is 73.9 cm³/mol. The van der Waals surface area contributed by atoms with Crippen molar-refractivity contribution >= 4 is 11.7 Å². The number of aliphatic hydroxyl groups excluding tert-OH is 1. The monoisotopic (exact) mass is 304 g/mol. The van der Waals surface area contributed by atoms with Gasteiger partial charge in [-0.05, 0) is 30.9 Å². The first-order valence-electron chi connectivity index (χ1n) is 6.66. The molecular formula is C14H19F3N2O2. The Hall–Kier alpha value is -1.76. The van der Waals surface area contributed by atoms with Crippen LogP contribution in [0.3, 0.4) is 0 Å². The van der Waals surface area contributed by atoms with E-state index in [2.05, 4.69) is 10.6 Å². The molecule has 1 aromatic carbocycles. The van der Waals surface area contributed by atoms with Crippen molar-refractivity contribution in [3.05, 3.63) is 29.8 Å². The first-order chi connectivity index (χ1) is 9.84. The van der Waals surface area contributed by atoms with Crippen molar-refractivity contribution in [1.82, 2.24) is 5.32 Å². The highest BCUT2D eigenvalue weighted by Gasteiger charge is 2.33. The summed E-state index contributed by atoms with van der Waals surface area (Å²) in [6.07, 6.45) is -3.13. The van der Waals surface area contributed by atoms with Gasteiger partial charge in [-0.2, -0.15) is 13.2 Å². The summed E-state index contributed by atoms with van der Waals surface area (Å²) in [6, 6.07) is 4.13. The Balaban J connectivity index is 2.49. The van der Waals surface area contributed by atoms with Crippen LogP contribution in [0, 0.1) is 5.92 Å². The van der Waals surface area contributed by atoms with Gasteiger partial charge < -0.3 is 15.7 Å². The van der Waals surface area contributed by atoms with Gasteiger partial charge in [0.15, 0.2) is 0 Å². The Morgan fingerprint density at radius 3 is 2.62 bits per heavy atom. The van der Waals surface area contributed by atoms with Crippen LogP contribution < -0.4 is 10.6 Å². The highest BCUT2D eigenvalue weighted by Crippen LogP contribution is 2.34. The number of rotatable bonds is 6. The minimum Gasteiger partial charge on any atom is -0.396 e. The number of para-hydroxylation sites is 1. The van der Waals surface area contributed by atoms with Crippen LogP contribution in [0.1, 0.15) is 25.3 Å². The number of benzene rings is 1. The maximum atomic E-state index is 12.7. The van der Waals surface area contributed by atoms with Crippen LogP contribution in [0.15, 0.2) is 24.3 Å². The van der Waals surface area contributed by atoms with Gasteiger partial charge in [0.1, 0.15) is 0 Å². The van der Waals surface area contributed by atoms with E-state index in [9.17, 15) is 18.0 Å². The Morgan fingerprint density at radius 1 is 1.33 bits per heavy atom. The number of hydrogen-bond acceptors (Lipinski definition) is 2. The molecule has 0 aliphatic rings. The highest BCUT2D eigenvalue weighted by molar-refractivity contribution is 5.90. The molecule has 21 heavy (non-hydrogen) atoms. The Bertz CT molecular complexity index is 464. The zero-order chi connectivity index (χ0) is 15.9. The quantitative estimate of drug-likeness (QED) is 0.707. The smallest absolute Gasteiger partial charge is 0.396 e. The second-order valence-electron chi connectivity index (χ2n) is 4.85. The van der Waals surface area contributed by atoms with E-state index in [1.54, 1.807) is 0 Å². The van der Waals surface area contributed by atoms with Gasteiger partial charge in [0.2, 0.25) is 0 Å². The lowest BCUT2D eigenvalue weighted by atomic mass is 10.1. The van der Waals surface area contributed by atoms with Crippen LogP contribution in [-0.2, 0) is 6.18 Å². The van der Waals surface area contributed by atoms with Gasteiger partial charge in [-0.1, -0.05) is 19.1 Å². The number of aliphatic hydroxyl groups is 1. The molecule has 0 fully saturated rings. The Labute approximate surface area is 121 Å². The van der Waals surface area contributed by atoms with E-state index >= 15 is 0 Å². The molecule has 1 unspecified atom stereocenters. The topological polar surface area (TPSA) is 61.4 Å². The molecule has 0 spiro atoms. The molecule has 0 heterocycles. The number of amides is 2. The number of halogens is 3. The molecule has 0 radical (unpaired) electrons. The van der Waals surface area contributed by atoms with Crippen molar-refractivity contribution in [2.24, 2.45) is 5.92 Å². The molecule has 4 nitrogen and oxygen atoms in total. The molecule has 1 atom stereocenters. The molecule has 0 aliphatic carbocycles. The third kappa shape index (κ3) is 6.03. The number of anilines is 1. The molecule has 0 bridgehead atoms. The molecule has 3 N–H and O–H groups in total. The standard InChI is InChI=1S/C14H19F3N2O2/c1-10(9-20)5-4-8-18-13(21)19-12-7-3-2-6-11(12)14(15,16)17/h2-3,6-7,10,20H,4-5,8-9H2,1H3,(H2,18,19,21). The third-order valence-electron chi connectivity index (χ3n) is 2.95. The molecule has 0 saturated heterocycles. The average Bonchev–Trinajstić information content (AvgIpc) is 2.42. The molecule has 7 heteroatoms. The summed E-state index contributed by atoms with van der Waals surface area (Å²) in [6.45, 7) is 2.29. The van der Waals surface area contributed by atoms with Crippen molar-refractivity contribution in [2.45, 2.75) is 25.9 Å². The summed E-state index contributed by atoms with van der Waals surface area (Å²) in [4.78, 5) is 11.6. The van der Waals surface area contributed by atoms with Crippen molar-refractivity contribution in [1.29, 1.82) is 0 Å². The van der Waals surface area contributed by atoms with E-state index in [0.29, 0.717) is 13.0 Å². The predicted octanol–water partition coefficient (Wildman–Crippen LogP) is 3.24. The summed E-state index contributed by atoms with van der Waals surface area (Å²) < 4.78 is 38.2. The second kappa shape index (κ2) is 7.87. The molecule has 1 rings (SSSR count). The Kier molecular flexibility index (Phi) is 6.48. The number of hydrogen-bond donors (Lipinski definition) is 3. The fourth-order valence-electron chi connectivity index (χ4n) is 1.75. The number of carbonyl (C=O) groups excluding carboxylic acids is 1. The van der Waals surface area contributed by atoms with Crippen molar-refractivity contribution in [2.75, 3.05) is 18.5 Å². The SMILES string of the molecule is CC(CO)CCCNC(=O)Nc1ccccc1C(F)(F)F. The van der Waals surface area contributed by atoms with Gasteiger partial charge in [-0.25, -0.2) is 4.79 Å². The number of urea groups is 1. The normalized spacial score (nSPS) is 12.8. The highest BCUT2D eigenvalue weighted by atomic mass is 19.4. The maximum Gasteiger partial charge on any atom is 0.418 e. The van der Waals surface area contributed by atoms with Gasteiger partial charge in [0, 0.05) is 13.2 Å². The molecule has 118 valence electrons. The van der Waals surface area contributed by atoms with E-state index in [1.165, 1.54) is 18.2 Å². The van der Waals surface area contributed by atoms with Crippen molar-refractivity contribution < 1.29 is 23.1 Å². The summed E-state index contributed by atoms with van der Waals surface area (Å²) in [5.74, 6) is 0.140. The van der Waals surface area contributed by atoms with Crippen LogP contribution in [0.4, 0.5) is 23.7 Å². The van der Waals surface area contributed by atoms with Crippen LogP contribution in [0.25, 0.3) is 0 Å². The first-order valence-corrected chi connectivity index (χ1v) is 6.66. The minimum atomic E-state index is -4.51. The lowest BCUT2D eigenvalue weighted by Crippen LogP contribution is -2.30. The van der Waals surface area contributed by atoms with E-state index in [4.69, 9.17) is 5.11 Å². The number of carbonyl (C=O) groups is 1. The largest absolute Gasteiger partial charge is 0.418 e. The summed E-state index contributed by atoms with van der Waals surface area (Å²) in [5, 5.41) is 13.5. The molecule has 0 aromatic heterocycles. The fraction of sp³-hybridized carbons (Fsp3) is 0.500. The molecule has 2 amide bonds. The average molecular weight is 304 g/mol. The second-order valence-corrected chi connectivity index (χ2v) is 4.85. The lowest BCUT2D eigenvalue weighted by molar-refractivity contribution is -0.136. The summed E-state index contributed by atoms with van der Waals surface area (Å²) >= 11 is 0. The van der Waals surface area contributed by atoms with Crippen LogP contribution >= 0.6 is 0 Å². The molecule has 1 aromatic rings. The van der Waals surface area contributed by atoms with Gasteiger partial charge in [0.05, 0.1) is 11.3 Å². The zero-order valence-corrected chi connectivity index (χ0v) is 11.7. The van der Waals surface area contributed by atoms with Gasteiger partial charge >= 0.3 is 12.2 Å². The van der Waals surface area contributed by atoms with Crippen LogP contribution in [0.2, 0.25) is 0 Å². The van der Waals surface area contributed by atoms with Crippen molar-refractivity contribution in [3.8, 4) is 0 Å². The number of alkyl halides is 3. The molecular weight excluding hydrogens is 285 g/mol. The van der Waals surface area contributed by atoms with E-state index < -0.39 is 17.8 Å². The lowest BCUT2D eigenvalue weighted by Gasteiger charge is -2.14. The summed E-state index contributed by atoms with van der Waals surface area (Å²) in [7, 11) is 0. The van der Waals surface area contributed by atoms with Gasteiger partial charge in [-0.3, -0.25) is 0 Å². The van der Waals surface area contributed by atoms with E-state index in [-0.39, 0.29) is 18.2 Å². The summed E-state index contributed by atoms with van der Waals surface area (Å²) in [5.41, 5.74) is -1.15.